The topological polar surface area (TPSA) is 43.1 Å². The van der Waals surface area contributed by atoms with Crippen LogP contribution >= 0.6 is 15.9 Å². The first kappa shape index (κ1) is 9.26. The van der Waals surface area contributed by atoms with Gasteiger partial charge in [0.05, 0.1) is 6.42 Å². The molecule has 0 aliphatic heterocycles. The molecule has 2 nitrogen and oxygen atoms in total. The number of halogens is 1. The Balaban J connectivity index is 2.93. The SMILES string of the molecule is Cc1cc(Br)ccc1[CH]C(N)=O. The molecule has 3 heteroatoms. The Bertz CT molecular complexity index is 309. The number of aryl methyl sites for hydroxylation is 1. The minimum Gasteiger partial charge on any atom is -0.369 e. The second-order valence-electron chi connectivity index (χ2n) is 2.55. The molecule has 0 aliphatic rings. The van der Waals surface area contributed by atoms with Gasteiger partial charge in [-0.2, -0.15) is 0 Å². The number of carbonyl (C=O) groups excluding carboxylic acids is 1. The fourth-order valence-electron chi connectivity index (χ4n) is 0.954. The third-order valence-electron chi connectivity index (χ3n) is 1.53. The Kier molecular flexibility index (Phi) is 2.87. The van der Waals surface area contributed by atoms with Gasteiger partial charge < -0.3 is 5.73 Å². The van der Waals surface area contributed by atoms with E-state index in [1.54, 1.807) is 0 Å². The van der Waals surface area contributed by atoms with Crippen LogP contribution in [0.15, 0.2) is 22.7 Å². The van der Waals surface area contributed by atoms with E-state index in [1.807, 2.05) is 25.1 Å². The lowest BCUT2D eigenvalue weighted by atomic mass is 10.1. The van der Waals surface area contributed by atoms with E-state index in [2.05, 4.69) is 15.9 Å². The van der Waals surface area contributed by atoms with Crippen molar-refractivity contribution in [1.29, 1.82) is 0 Å². The molecule has 0 spiro atoms. The lowest BCUT2D eigenvalue weighted by Gasteiger charge is -2.02. The minimum atomic E-state index is -0.416. The van der Waals surface area contributed by atoms with Crippen LogP contribution in [-0.2, 0) is 4.79 Å². The highest BCUT2D eigenvalue weighted by Crippen LogP contribution is 2.16. The van der Waals surface area contributed by atoms with E-state index in [-0.39, 0.29) is 0 Å². The van der Waals surface area contributed by atoms with Crippen molar-refractivity contribution < 1.29 is 4.79 Å². The van der Waals surface area contributed by atoms with Crippen molar-refractivity contribution in [3.63, 3.8) is 0 Å². The van der Waals surface area contributed by atoms with Crippen molar-refractivity contribution in [3.8, 4) is 0 Å². The van der Waals surface area contributed by atoms with Crippen LogP contribution in [0.1, 0.15) is 11.1 Å². The zero-order valence-corrected chi connectivity index (χ0v) is 8.26. The van der Waals surface area contributed by atoms with Crippen molar-refractivity contribution in [2.75, 3.05) is 0 Å². The maximum atomic E-state index is 10.6. The predicted molar refractivity (Wildman–Crippen MR) is 51.5 cm³/mol. The summed E-state index contributed by atoms with van der Waals surface area (Å²) in [4.78, 5) is 10.6. The van der Waals surface area contributed by atoms with E-state index >= 15 is 0 Å². The molecule has 1 aromatic carbocycles. The summed E-state index contributed by atoms with van der Waals surface area (Å²) in [7, 11) is 0. The summed E-state index contributed by atoms with van der Waals surface area (Å²) in [5.41, 5.74) is 6.92. The zero-order chi connectivity index (χ0) is 9.14. The molecule has 0 saturated carbocycles. The average molecular weight is 227 g/mol. The first-order valence-electron chi connectivity index (χ1n) is 3.50. The van der Waals surface area contributed by atoms with E-state index in [1.165, 1.54) is 6.42 Å². The Morgan fingerprint density at radius 3 is 2.75 bits per heavy atom. The Morgan fingerprint density at radius 1 is 1.58 bits per heavy atom. The molecular formula is C9H9BrNO. The Morgan fingerprint density at radius 2 is 2.25 bits per heavy atom. The number of nitrogens with two attached hydrogens (primary N) is 1. The lowest BCUT2D eigenvalue weighted by Crippen LogP contribution is -2.12. The second-order valence-corrected chi connectivity index (χ2v) is 3.46. The molecule has 2 N–H and O–H groups in total. The maximum absolute atomic E-state index is 10.6. The molecule has 1 radical (unpaired) electrons. The molecule has 0 saturated heterocycles. The quantitative estimate of drug-likeness (QED) is 0.822. The van der Waals surface area contributed by atoms with E-state index in [9.17, 15) is 4.79 Å². The van der Waals surface area contributed by atoms with Gasteiger partial charge in [-0.1, -0.05) is 22.0 Å². The van der Waals surface area contributed by atoms with Gasteiger partial charge in [-0.25, -0.2) is 0 Å². The van der Waals surface area contributed by atoms with Crippen molar-refractivity contribution in [2.24, 2.45) is 5.73 Å². The normalized spacial score (nSPS) is 9.83. The molecule has 1 aromatic rings. The van der Waals surface area contributed by atoms with Crippen LogP contribution in [0.2, 0.25) is 0 Å². The van der Waals surface area contributed by atoms with Gasteiger partial charge in [0.15, 0.2) is 0 Å². The monoisotopic (exact) mass is 226 g/mol. The largest absolute Gasteiger partial charge is 0.369 e. The third-order valence-corrected chi connectivity index (χ3v) is 2.02. The zero-order valence-electron chi connectivity index (χ0n) is 6.67. The number of rotatable bonds is 2. The van der Waals surface area contributed by atoms with Crippen molar-refractivity contribution in [3.05, 3.63) is 40.2 Å². The number of benzene rings is 1. The fraction of sp³-hybridized carbons (Fsp3) is 0.111. The summed E-state index contributed by atoms with van der Waals surface area (Å²) in [6, 6.07) is 5.67. The first-order chi connectivity index (χ1) is 5.59. The highest BCUT2D eigenvalue weighted by atomic mass is 79.9. The summed E-state index contributed by atoms with van der Waals surface area (Å²) >= 11 is 3.33. The number of primary amides is 1. The molecular weight excluding hydrogens is 218 g/mol. The number of carbonyl (C=O) groups is 1. The van der Waals surface area contributed by atoms with Crippen LogP contribution in [0, 0.1) is 13.3 Å². The Hall–Kier alpha value is -0.830. The summed E-state index contributed by atoms with van der Waals surface area (Å²) < 4.78 is 1.00. The van der Waals surface area contributed by atoms with Crippen molar-refractivity contribution >= 4 is 21.8 Å². The molecule has 0 bridgehead atoms. The molecule has 0 heterocycles. The third kappa shape index (κ3) is 2.34. The molecule has 0 atom stereocenters. The molecule has 0 unspecified atom stereocenters. The van der Waals surface area contributed by atoms with Gasteiger partial charge in [-0.05, 0) is 30.2 Å². The maximum Gasteiger partial charge on any atom is 0.226 e. The molecule has 12 heavy (non-hydrogen) atoms. The number of hydrogen-bond donors (Lipinski definition) is 1. The van der Waals surface area contributed by atoms with Gasteiger partial charge in [0.1, 0.15) is 0 Å². The molecule has 0 aliphatic carbocycles. The average Bonchev–Trinajstić information content (AvgIpc) is 1.94. The molecule has 1 rings (SSSR count). The predicted octanol–water partition coefficient (Wildman–Crippen LogP) is 1.80. The summed E-state index contributed by atoms with van der Waals surface area (Å²) in [6.07, 6.45) is 1.42. The van der Waals surface area contributed by atoms with Gasteiger partial charge in [-0.15, -0.1) is 0 Å². The van der Waals surface area contributed by atoms with Crippen LogP contribution in [0.5, 0.6) is 0 Å². The smallest absolute Gasteiger partial charge is 0.226 e. The van der Waals surface area contributed by atoms with Crippen LogP contribution in [0.3, 0.4) is 0 Å². The van der Waals surface area contributed by atoms with Crippen LogP contribution in [-0.4, -0.2) is 5.91 Å². The molecule has 63 valence electrons. The summed E-state index contributed by atoms with van der Waals surface area (Å²) in [5, 5.41) is 0. The van der Waals surface area contributed by atoms with Crippen LogP contribution in [0.25, 0.3) is 0 Å². The van der Waals surface area contributed by atoms with Gasteiger partial charge >= 0.3 is 0 Å². The fourth-order valence-corrected chi connectivity index (χ4v) is 1.43. The highest BCUT2D eigenvalue weighted by molar-refractivity contribution is 9.10. The van der Waals surface area contributed by atoms with E-state index < -0.39 is 5.91 Å². The first-order valence-corrected chi connectivity index (χ1v) is 4.29. The summed E-state index contributed by atoms with van der Waals surface area (Å²) in [6.45, 7) is 1.93. The second kappa shape index (κ2) is 3.72. The number of amides is 1. The van der Waals surface area contributed by atoms with Gasteiger partial charge in [0.25, 0.3) is 0 Å². The van der Waals surface area contributed by atoms with E-state index in [0.29, 0.717) is 0 Å². The molecule has 0 fully saturated rings. The lowest BCUT2D eigenvalue weighted by molar-refractivity contribution is -0.114. The van der Waals surface area contributed by atoms with Gasteiger partial charge in [0.2, 0.25) is 5.91 Å². The van der Waals surface area contributed by atoms with E-state index in [4.69, 9.17) is 5.73 Å². The van der Waals surface area contributed by atoms with Gasteiger partial charge in [0, 0.05) is 4.47 Å². The minimum absolute atomic E-state index is 0.416. The van der Waals surface area contributed by atoms with Gasteiger partial charge in [-0.3, -0.25) is 4.79 Å². The van der Waals surface area contributed by atoms with Crippen molar-refractivity contribution in [1.82, 2.24) is 0 Å². The van der Waals surface area contributed by atoms with E-state index in [0.717, 1.165) is 15.6 Å². The van der Waals surface area contributed by atoms with Crippen molar-refractivity contribution in [2.45, 2.75) is 6.92 Å². The van der Waals surface area contributed by atoms with Crippen LogP contribution in [0.4, 0.5) is 0 Å². The molecule has 1 amide bonds. The standard InChI is InChI=1S/C9H9BrNO/c1-6-4-8(10)3-2-7(6)5-9(11)12/h2-5H,1H3,(H2,11,12). The molecule has 0 aromatic heterocycles. The summed E-state index contributed by atoms with van der Waals surface area (Å²) in [5.74, 6) is -0.416. The number of hydrogen-bond acceptors (Lipinski definition) is 1. The Labute approximate surface area is 79.9 Å². The highest BCUT2D eigenvalue weighted by Gasteiger charge is 2.02. The van der Waals surface area contributed by atoms with Crippen LogP contribution < -0.4 is 5.73 Å².